The molecule has 8 heteroatoms. The number of rotatable bonds is 6. The predicted molar refractivity (Wildman–Crippen MR) is 108 cm³/mol. The van der Waals surface area contributed by atoms with Crippen LogP contribution in [0.3, 0.4) is 0 Å². The molecule has 0 radical (unpaired) electrons. The summed E-state index contributed by atoms with van der Waals surface area (Å²) >= 11 is 0. The van der Waals surface area contributed by atoms with Crippen LogP contribution in [-0.4, -0.2) is 36.2 Å². The molecule has 1 aliphatic heterocycles. The minimum atomic E-state index is -0.650. The highest BCUT2D eigenvalue weighted by Gasteiger charge is 2.35. The number of hydrogen-bond acceptors (Lipinski definition) is 7. The first-order chi connectivity index (χ1) is 14.0. The summed E-state index contributed by atoms with van der Waals surface area (Å²) in [5.41, 5.74) is 1.29. The molecule has 0 saturated carbocycles. The van der Waals surface area contributed by atoms with Gasteiger partial charge in [0, 0.05) is 18.2 Å². The molecule has 0 bridgehead atoms. The Kier molecular flexibility index (Phi) is 6.23. The molecule has 3 rings (SSSR count). The zero-order valence-corrected chi connectivity index (χ0v) is 16.1. The molecule has 0 saturated heterocycles. The van der Waals surface area contributed by atoms with Gasteiger partial charge in [0.25, 0.3) is 0 Å². The third kappa shape index (κ3) is 4.98. The highest BCUT2D eigenvalue weighted by molar-refractivity contribution is 6.38. The summed E-state index contributed by atoms with van der Waals surface area (Å²) in [6.45, 7) is 3.41. The van der Waals surface area contributed by atoms with E-state index in [1.807, 2.05) is 30.3 Å². The molecule has 0 aromatic heterocycles. The van der Waals surface area contributed by atoms with Gasteiger partial charge in [-0.05, 0) is 38.1 Å². The van der Waals surface area contributed by atoms with Crippen LogP contribution < -0.4 is 15.1 Å². The topological polar surface area (TPSA) is 97.3 Å². The van der Waals surface area contributed by atoms with Crippen LogP contribution in [0.1, 0.15) is 20.3 Å². The number of Topliss-reactive ketones (excluding diaryl/α,β-unsaturated/α-hetero) is 1. The Morgan fingerprint density at radius 2 is 1.90 bits per heavy atom. The van der Waals surface area contributed by atoms with E-state index in [1.54, 1.807) is 25.1 Å². The van der Waals surface area contributed by atoms with E-state index in [4.69, 9.17) is 9.47 Å². The maximum absolute atomic E-state index is 12.6. The van der Waals surface area contributed by atoms with E-state index in [1.165, 1.54) is 18.0 Å². The number of carbonyl (C=O) groups is 3. The van der Waals surface area contributed by atoms with Crippen molar-refractivity contribution >= 4 is 34.9 Å². The molecular formula is C21H21N3O5. The van der Waals surface area contributed by atoms with Crippen molar-refractivity contribution in [2.45, 2.75) is 26.3 Å². The fourth-order valence-electron chi connectivity index (χ4n) is 2.86. The van der Waals surface area contributed by atoms with E-state index in [2.05, 4.69) is 10.4 Å². The van der Waals surface area contributed by atoms with Gasteiger partial charge in [-0.3, -0.25) is 15.1 Å². The number of nitrogens with one attached hydrogen (secondary N) is 1. The minimum absolute atomic E-state index is 0.0963. The summed E-state index contributed by atoms with van der Waals surface area (Å²) in [5, 5.41) is 8.40. The van der Waals surface area contributed by atoms with E-state index < -0.39 is 18.1 Å². The van der Waals surface area contributed by atoms with Crippen LogP contribution in [0.15, 0.2) is 59.7 Å². The van der Waals surface area contributed by atoms with Gasteiger partial charge in [0.1, 0.15) is 17.5 Å². The van der Waals surface area contributed by atoms with E-state index in [0.29, 0.717) is 5.69 Å². The van der Waals surface area contributed by atoms with Gasteiger partial charge in [-0.2, -0.15) is 5.10 Å². The summed E-state index contributed by atoms with van der Waals surface area (Å²) in [6, 6.07) is 15.0. The molecule has 29 heavy (non-hydrogen) atoms. The van der Waals surface area contributed by atoms with E-state index in [-0.39, 0.29) is 30.3 Å². The third-order valence-electron chi connectivity index (χ3n) is 4.20. The van der Waals surface area contributed by atoms with Crippen LogP contribution in [0.5, 0.6) is 5.75 Å². The SMILES string of the molecule is CCOC(=O)Nc1cccc(OC(=O)C2=NN(c3ccccc3)C(C(C)=O)C2)c1. The van der Waals surface area contributed by atoms with Gasteiger partial charge in [-0.1, -0.05) is 24.3 Å². The quantitative estimate of drug-likeness (QED) is 0.595. The molecule has 150 valence electrons. The molecule has 2 aromatic carbocycles. The van der Waals surface area contributed by atoms with Gasteiger partial charge in [0.05, 0.1) is 12.3 Å². The van der Waals surface area contributed by atoms with Crippen LogP contribution in [0.4, 0.5) is 16.2 Å². The number of hydrazone groups is 1. The number of nitrogens with zero attached hydrogens (tertiary/aromatic N) is 2. The van der Waals surface area contributed by atoms with Crippen LogP contribution in [-0.2, 0) is 14.3 Å². The monoisotopic (exact) mass is 395 g/mol. The number of hydrogen-bond donors (Lipinski definition) is 1. The predicted octanol–water partition coefficient (Wildman–Crippen LogP) is 3.38. The van der Waals surface area contributed by atoms with Gasteiger partial charge < -0.3 is 9.47 Å². The number of para-hydroxylation sites is 1. The first-order valence-corrected chi connectivity index (χ1v) is 9.16. The first-order valence-electron chi connectivity index (χ1n) is 9.16. The van der Waals surface area contributed by atoms with Crippen molar-refractivity contribution in [1.82, 2.24) is 0 Å². The standard InChI is InChI=1S/C21H21N3O5/c1-3-28-21(27)22-15-8-7-11-17(12-15)29-20(26)18-13-19(14(2)25)24(23-18)16-9-5-4-6-10-16/h4-12,19H,3,13H2,1-2H3,(H,22,27). The van der Waals surface area contributed by atoms with E-state index in [9.17, 15) is 14.4 Å². The molecule has 1 N–H and O–H groups in total. The van der Waals surface area contributed by atoms with Crippen molar-refractivity contribution in [3.63, 3.8) is 0 Å². The highest BCUT2D eigenvalue weighted by Crippen LogP contribution is 2.26. The Hall–Kier alpha value is -3.68. The number of ketones is 1. The van der Waals surface area contributed by atoms with Gasteiger partial charge in [0.15, 0.2) is 5.78 Å². The molecule has 2 aromatic rings. The van der Waals surface area contributed by atoms with Crippen LogP contribution in [0.2, 0.25) is 0 Å². The first kappa shape index (κ1) is 20.1. The number of ether oxygens (including phenoxy) is 2. The van der Waals surface area contributed by atoms with Crippen molar-refractivity contribution in [2.24, 2.45) is 5.10 Å². The number of benzene rings is 2. The smallest absolute Gasteiger partial charge is 0.411 e. The lowest BCUT2D eigenvalue weighted by molar-refractivity contribution is -0.127. The highest BCUT2D eigenvalue weighted by atomic mass is 16.5. The lowest BCUT2D eigenvalue weighted by atomic mass is 10.1. The average molecular weight is 395 g/mol. The number of anilines is 2. The van der Waals surface area contributed by atoms with Crippen LogP contribution in [0.25, 0.3) is 0 Å². The van der Waals surface area contributed by atoms with Crippen molar-refractivity contribution in [3.8, 4) is 5.75 Å². The van der Waals surface area contributed by atoms with Gasteiger partial charge in [-0.25, -0.2) is 9.59 Å². The normalized spacial score (nSPS) is 15.4. The maximum atomic E-state index is 12.6. The Labute approximate surface area is 168 Å². The van der Waals surface area contributed by atoms with Crippen molar-refractivity contribution in [2.75, 3.05) is 16.9 Å². The second-order valence-corrected chi connectivity index (χ2v) is 6.32. The number of esters is 1. The third-order valence-corrected chi connectivity index (χ3v) is 4.20. The fourth-order valence-corrected chi connectivity index (χ4v) is 2.86. The Morgan fingerprint density at radius 1 is 1.14 bits per heavy atom. The average Bonchev–Trinajstić information content (AvgIpc) is 3.15. The van der Waals surface area contributed by atoms with Crippen LogP contribution in [0, 0.1) is 0 Å². The molecular weight excluding hydrogens is 374 g/mol. The molecule has 1 aliphatic rings. The maximum Gasteiger partial charge on any atom is 0.411 e. The van der Waals surface area contributed by atoms with Crippen molar-refractivity contribution in [1.29, 1.82) is 0 Å². The molecule has 0 aliphatic carbocycles. The van der Waals surface area contributed by atoms with Gasteiger partial charge in [-0.15, -0.1) is 0 Å². The minimum Gasteiger partial charge on any atom is -0.450 e. The fraction of sp³-hybridized carbons (Fsp3) is 0.238. The van der Waals surface area contributed by atoms with E-state index in [0.717, 1.165) is 5.69 Å². The lowest BCUT2D eigenvalue weighted by Crippen LogP contribution is -2.33. The second-order valence-electron chi connectivity index (χ2n) is 6.32. The largest absolute Gasteiger partial charge is 0.450 e. The van der Waals surface area contributed by atoms with Crippen molar-refractivity contribution in [3.05, 3.63) is 54.6 Å². The molecule has 1 heterocycles. The molecule has 1 amide bonds. The Morgan fingerprint density at radius 3 is 2.59 bits per heavy atom. The zero-order valence-electron chi connectivity index (χ0n) is 16.1. The number of amides is 1. The lowest BCUT2D eigenvalue weighted by Gasteiger charge is -2.20. The molecule has 8 nitrogen and oxygen atoms in total. The van der Waals surface area contributed by atoms with Gasteiger partial charge in [0.2, 0.25) is 0 Å². The summed E-state index contributed by atoms with van der Waals surface area (Å²) in [7, 11) is 0. The summed E-state index contributed by atoms with van der Waals surface area (Å²) in [6.07, 6.45) is -0.442. The summed E-state index contributed by atoms with van der Waals surface area (Å²) in [5.74, 6) is -0.506. The van der Waals surface area contributed by atoms with Gasteiger partial charge >= 0.3 is 12.1 Å². The van der Waals surface area contributed by atoms with Crippen molar-refractivity contribution < 1.29 is 23.9 Å². The summed E-state index contributed by atoms with van der Waals surface area (Å²) < 4.78 is 10.2. The Balaban J connectivity index is 1.73. The molecule has 1 atom stereocenters. The molecule has 0 fully saturated rings. The Bertz CT molecular complexity index is 942. The number of carbonyl (C=O) groups excluding carboxylic acids is 3. The molecule has 1 unspecified atom stereocenters. The molecule has 0 spiro atoms. The van der Waals surface area contributed by atoms with E-state index >= 15 is 0 Å². The van der Waals surface area contributed by atoms with Crippen LogP contribution >= 0.6 is 0 Å². The second kappa shape index (κ2) is 9.01. The summed E-state index contributed by atoms with van der Waals surface area (Å²) in [4.78, 5) is 36.2. The zero-order chi connectivity index (χ0) is 20.8.